The Morgan fingerprint density at radius 3 is 2.48 bits per heavy atom. The smallest absolute Gasteiger partial charge is 0.265 e. The number of benzene rings is 1. The average molecular weight is 393 g/mol. The van der Waals surface area contributed by atoms with Gasteiger partial charge in [0.05, 0.1) is 6.54 Å². The van der Waals surface area contributed by atoms with Crippen molar-refractivity contribution in [3.8, 4) is 0 Å². The lowest BCUT2D eigenvalue weighted by Gasteiger charge is -2.23. The standard InChI is InChI=1S/C17H23N5O4S/c18-7-4-8-22(12-13-5-2-1-3-6-13)16(23)11-21-27(25,26)14-9-15(17(19)24)20-10-14/h1-3,5-6,9-10,20-21H,4,7-8,11-12,18H2,(H2,19,24). The Morgan fingerprint density at radius 1 is 1.19 bits per heavy atom. The van der Waals surface area contributed by atoms with Crippen molar-refractivity contribution >= 4 is 21.8 Å². The van der Waals surface area contributed by atoms with Crippen LogP contribution in [0.15, 0.2) is 47.5 Å². The topological polar surface area (TPSA) is 151 Å². The zero-order chi connectivity index (χ0) is 19.9. The minimum absolute atomic E-state index is 0.0321. The van der Waals surface area contributed by atoms with Gasteiger partial charge in [-0.25, -0.2) is 13.1 Å². The maximum atomic E-state index is 12.5. The van der Waals surface area contributed by atoms with Crippen LogP contribution in [0.1, 0.15) is 22.5 Å². The van der Waals surface area contributed by atoms with Gasteiger partial charge in [-0.05, 0) is 24.6 Å². The Hall–Kier alpha value is -2.69. The molecule has 10 heteroatoms. The van der Waals surface area contributed by atoms with Gasteiger partial charge in [0.1, 0.15) is 10.6 Å². The van der Waals surface area contributed by atoms with Crippen LogP contribution in [0.5, 0.6) is 0 Å². The van der Waals surface area contributed by atoms with E-state index in [0.29, 0.717) is 26.1 Å². The Labute approximate surface area is 157 Å². The lowest BCUT2D eigenvalue weighted by molar-refractivity contribution is -0.130. The summed E-state index contributed by atoms with van der Waals surface area (Å²) in [6, 6.07) is 10.5. The summed E-state index contributed by atoms with van der Waals surface area (Å²) in [6.07, 6.45) is 1.74. The van der Waals surface area contributed by atoms with Crippen molar-refractivity contribution in [1.82, 2.24) is 14.6 Å². The van der Waals surface area contributed by atoms with E-state index >= 15 is 0 Å². The molecule has 0 unspecified atom stereocenters. The number of sulfonamides is 1. The molecule has 0 atom stereocenters. The highest BCUT2D eigenvalue weighted by Crippen LogP contribution is 2.11. The van der Waals surface area contributed by atoms with Crippen LogP contribution >= 0.6 is 0 Å². The molecule has 0 fully saturated rings. The van der Waals surface area contributed by atoms with Gasteiger partial charge in [-0.3, -0.25) is 9.59 Å². The molecule has 0 bridgehead atoms. The zero-order valence-corrected chi connectivity index (χ0v) is 15.5. The van der Waals surface area contributed by atoms with Gasteiger partial charge in [-0.1, -0.05) is 30.3 Å². The van der Waals surface area contributed by atoms with Crippen LogP contribution in [-0.2, 0) is 21.4 Å². The van der Waals surface area contributed by atoms with Crippen molar-refractivity contribution in [2.24, 2.45) is 11.5 Å². The van der Waals surface area contributed by atoms with E-state index in [9.17, 15) is 18.0 Å². The molecule has 1 heterocycles. The molecule has 1 aromatic heterocycles. The third-order valence-electron chi connectivity index (χ3n) is 3.85. The fourth-order valence-corrected chi connectivity index (χ4v) is 3.37. The van der Waals surface area contributed by atoms with Gasteiger partial charge in [0.25, 0.3) is 5.91 Å². The molecule has 146 valence electrons. The van der Waals surface area contributed by atoms with Gasteiger partial charge < -0.3 is 21.4 Å². The summed E-state index contributed by atoms with van der Waals surface area (Å²) in [5.74, 6) is -1.15. The van der Waals surface area contributed by atoms with Gasteiger partial charge in [-0.15, -0.1) is 0 Å². The first kappa shape index (κ1) is 20.6. The quantitative estimate of drug-likeness (QED) is 0.439. The van der Waals surface area contributed by atoms with Crippen molar-refractivity contribution in [1.29, 1.82) is 0 Å². The molecule has 2 aromatic rings. The Morgan fingerprint density at radius 2 is 1.89 bits per heavy atom. The monoisotopic (exact) mass is 393 g/mol. The fraction of sp³-hybridized carbons (Fsp3) is 0.294. The molecule has 1 aromatic carbocycles. The molecule has 6 N–H and O–H groups in total. The fourth-order valence-electron chi connectivity index (χ4n) is 2.40. The molecule has 0 saturated heterocycles. The number of nitrogens with two attached hydrogens (primary N) is 2. The van der Waals surface area contributed by atoms with Crippen molar-refractivity contribution in [3.05, 3.63) is 53.9 Å². The third-order valence-corrected chi connectivity index (χ3v) is 5.23. The van der Waals surface area contributed by atoms with Gasteiger partial charge in [0.15, 0.2) is 0 Å². The van der Waals surface area contributed by atoms with Gasteiger partial charge >= 0.3 is 0 Å². The first-order valence-corrected chi connectivity index (χ1v) is 9.81. The second kappa shape index (κ2) is 9.31. The minimum atomic E-state index is -3.96. The van der Waals surface area contributed by atoms with Crippen LogP contribution in [0.3, 0.4) is 0 Å². The summed E-state index contributed by atoms with van der Waals surface area (Å²) in [7, 11) is -3.96. The number of aromatic nitrogens is 1. The Kier molecular flexibility index (Phi) is 7.11. The van der Waals surface area contributed by atoms with Crippen molar-refractivity contribution in [2.75, 3.05) is 19.6 Å². The summed E-state index contributed by atoms with van der Waals surface area (Å²) in [4.78, 5) is 27.5. The first-order chi connectivity index (χ1) is 12.8. The first-order valence-electron chi connectivity index (χ1n) is 8.33. The molecule has 0 aliphatic rings. The maximum absolute atomic E-state index is 12.5. The lowest BCUT2D eigenvalue weighted by Crippen LogP contribution is -2.40. The Bertz CT molecular complexity index is 880. The van der Waals surface area contributed by atoms with Crippen LogP contribution < -0.4 is 16.2 Å². The summed E-state index contributed by atoms with van der Waals surface area (Å²) >= 11 is 0. The van der Waals surface area contributed by atoms with Crippen LogP contribution in [0, 0.1) is 0 Å². The van der Waals surface area contributed by atoms with E-state index in [0.717, 1.165) is 17.8 Å². The largest absolute Gasteiger partial charge is 0.364 e. The number of amides is 2. The molecule has 2 rings (SSSR count). The van der Waals surface area contributed by atoms with E-state index in [-0.39, 0.29) is 16.5 Å². The van der Waals surface area contributed by atoms with Gasteiger partial charge in [0.2, 0.25) is 15.9 Å². The van der Waals surface area contributed by atoms with Gasteiger partial charge in [-0.2, -0.15) is 0 Å². The van der Waals surface area contributed by atoms with Crippen molar-refractivity contribution < 1.29 is 18.0 Å². The minimum Gasteiger partial charge on any atom is -0.364 e. The van der Waals surface area contributed by atoms with Crippen molar-refractivity contribution in [3.63, 3.8) is 0 Å². The van der Waals surface area contributed by atoms with E-state index in [2.05, 4.69) is 9.71 Å². The summed E-state index contributed by atoms with van der Waals surface area (Å²) < 4.78 is 26.8. The van der Waals surface area contributed by atoms with Crippen LogP contribution in [-0.4, -0.2) is 49.8 Å². The second-order valence-corrected chi connectivity index (χ2v) is 7.65. The Balaban J connectivity index is 2.03. The number of nitrogens with zero attached hydrogens (tertiary/aromatic N) is 1. The number of rotatable bonds is 10. The molecule has 0 aliphatic heterocycles. The molecule has 0 saturated carbocycles. The lowest BCUT2D eigenvalue weighted by atomic mass is 10.2. The molecule has 0 aliphatic carbocycles. The number of nitrogens with one attached hydrogen (secondary N) is 2. The SMILES string of the molecule is NCCCN(Cc1ccccc1)C(=O)CNS(=O)(=O)c1c[nH]c(C(N)=O)c1. The number of carbonyl (C=O) groups is 2. The highest BCUT2D eigenvalue weighted by Gasteiger charge is 2.21. The van der Waals surface area contributed by atoms with Crippen LogP contribution in [0.4, 0.5) is 0 Å². The molecule has 0 radical (unpaired) electrons. The normalized spacial score (nSPS) is 11.3. The number of hydrogen-bond donors (Lipinski definition) is 4. The third kappa shape index (κ3) is 5.91. The highest BCUT2D eigenvalue weighted by atomic mass is 32.2. The van der Waals surface area contributed by atoms with Crippen LogP contribution in [0.25, 0.3) is 0 Å². The van der Waals surface area contributed by atoms with E-state index < -0.39 is 22.5 Å². The number of hydrogen-bond acceptors (Lipinski definition) is 5. The van der Waals surface area contributed by atoms with E-state index in [1.54, 1.807) is 4.90 Å². The average Bonchev–Trinajstić information content (AvgIpc) is 3.15. The molecule has 0 spiro atoms. The predicted molar refractivity (Wildman–Crippen MR) is 100 cm³/mol. The van der Waals surface area contributed by atoms with Crippen LogP contribution in [0.2, 0.25) is 0 Å². The summed E-state index contributed by atoms with van der Waals surface area (Å²) in [5.41, 5.74) is 11.5. The molecule has 2 amide bonds. The van der Waals surface area contributed by atoms with E-state index in [4.69, 9.17) is 11.5 Å². The molecule has 27 heavy (non-hydrogen) atoms. The van der Waals surface area contributed by atoms with E-state index in [1.807, 2.05) is 30.3 Å². The molecular formula is C17H23N5O4S. The van der Waals surface area contributed by atoms with E-state index in [1.165, 1.54) is 0 Å². The molecular weight excluding hydrogens is 370 g/mol. The summed E-state index contributed by atoms with van der Waals surface area (Å²) in [5, 5.41) is 0. The number of carbonyl (C=O) groups excluding carboxylic acids is 2. The molecule has 9 nitrogen and oxygen atoms in total. The number of primary amides is 1. The summed E-state index contributed by atoms with van der Waals surface area (Å²) in [6.45, 7) is 0.791. The highest BCUT2D eigenvalue weighted by molar-refractivity contribution is 7.89. The number of H-pyrrole nitrogens is 1. The maximum Gasteiger partial charge on any atom is 0.265 e. The number of aromatic amines is 1. The predicted octanol–water partition coefficient (Wildman–Crippen LogP) is -0.230. The second-order valence-electron chi connectivity index (χ2n) is 5.88. The van der Waals surface area contributed by atoms with Crippen molar-refractivity contribution in [2.45, 2.75) is 17.9 Å². The van der Waals surface area contributed by atoms with Gasteiger partial charge in [0, 0.05) is 19.3 Å². The zero-order valence-electron chi connectivity index (χ0n) is 14.7.